The maximum atomic E-state index is 9.84. The lowest BCUT2D eigenvalue weighted by Gasteiger charge is -2.19. The third kappa shape index (κ3) is 5.42. The molecule has 4 N–H and O–H groups in total. The number of nitrogens with one attached hydrogen (secondary N) is 1. The van der Waals surface area contributed by atoms with Crippen molar-refractivity contribution >= 4 is 11.6 Å². The standard InChI is InChI=1S/C14H26N4O/c1-9(2)6-10(19)8-16-12-7-11(15)17-13(18-12)14(3,4)5/h7,9-10,19H,6,8H2,1-5H3,(H3,15,16,17,18). The molecule has 0 amide bonds. The van der Waals surface area contributed by atoms with Crippen molar-refractivity contribution in [3.8, 4) is 0 Å². The summed E-state index contributed by atoms with van der Waals surface area (Å²) in [7, 11) is 0. The zero-order chi connectivity index (χ0) is 14.6. The molecule has 5 nitrogen and oxygen atoms in total. The lowest BCUT2D eigenvalue weighted by atomic mass is 9.96. The predicted octanol–water partition coefficient (Wildman–Crippen LogP) is 2.18. The molecule has 0 aliphatic carbocycles. The summed E-state index contributed by atoms with van der Waals surface area (Å²) in [6.07, 6.45) is 0.383. The molecule has 1 aromatic heterocycles. The van der Waals surface area contributed by atoms with E-state index >= 15 is 0 Å². The second-order valence-electron chi connectivity index (χ2n) is 6.42. The first kappa shape index (κ1) is 15.7. The number of anilines is 2. The topological polar surface area (TPSA) is 84.1 Å². The van der Waals surface area contributed by atoms with Crippen LogP contribution in [0.1, 0.15) is 46.9 Å². The van der Waals surface area contributed by atoms with E-state index in [9.17, 15) is 5.11 Å². The average Bonchev–Trinajstić information content (AvgIpc) is 2.23. The second kappa shape index (κ2) is 6.19. The lowest BCUT2D eigenvalue weighted by molar-refractivity contribution is 0.161. The summed E-state index contributed by atoms with van der Waals surface area (Å²) in [5.74, 6) is 2.28. The number of hydrogen-bond acceptors (Lipinski definition) is 5. The van der Waals surface area contributed by atoms with E-state index in [4.69, 9.17) is 5.73 Å². The van der Waals surface area contributed by atoms with Crippen LogP contribution in [-0.4, -0.2) is 27.7 Å². The van der Waals surface area contributed by atoms with E-state index in [1.165, 1.54) is 0 Å². The van der Waals surface area contributed by atoms with Crippen LogP contribution < -0.4 is 11.1 Å². The van der Waals surface area contributed by atoms with Gasteiger partial charge in [-0.05, 0) is 12.3 Å². The summed E-state index contributed by atoms with van der Waals surface area (Å²) < 4.78 is 0. The van der Waals surface area contributed by atoms with Gasteiger partial charge in [-0.1, -0.05) is 34.6 Å². The maximum absolute atomic E-state index is 9.84. The van der Waals surface area contributed by atoms with Crippen molar-refractivity contribution in [3.63, 3.8) is 0 Å². The number of nitrogens with zero attached hydrogens (tertiary/aromatic N) is 2. The van der Waals surface area contributed by atoms with Crippen molar-refractivity contribution in [1.29, 1.82) is 0 Å². The third-order valence-electron chi connectivity index (χ3n) is 2.68. The zero-order valence-electron chi connectivity index (χ0n) is 12.6. The molecule has 0 aliphatic heterocycles. The fourth-order valence-electron chi connectivity index (χ4n) is 1.74. The highest BCUT2D eigenvalue weighted by Gasteiger charge is 2.18. The number of nitrogens with two attached hydrogens (primary N) is 1. The highest BCUT2D eigenvalue weighted by atomic mass is 16.3. The Morgan fingerprint density at radius 1 is 1.32 bits per heavy atom. The summed E-state index contributed by atoms with van der Waals surface area (Å²) in [6, 6.07) is 1.69. The van der Waals surface area contributed by atoms with Crippen LogP contribution in [0.2, 0.25) is 0 Å². The Morgan fingerprint density at radius 3 is 2.47 bits per heavy atom. The van der Waals surface area contributed by atoms with Gasteiger partial charge in [0.15, 0.2) is 0 Å². The quantitative estimate of drug-likeness (QED) is 0.760. The summed E-state index contributed by atoms with van der Waals surface area (Å²) in [5, 5.41) is 13.0. The van der Waals surface area contributed by atoms with Gasteiger partial charge in [-0.3, -0.25) is 0 Å². The molecule has 0 bridgehead atoms. The number of hydrogen-bond donors (Lipinski definition) is 3. The SMILES string of the molecule is CC(C)CC(O)CNc1cc(N)nc(C(C)(C)C)n1. The molecule has 1 rings (SSSR count). The van der Waals surface area contributed by atoms with Gasteiger partial charge in [0, 0.05) is 18.0 Å². The molecule has 1 heterocycles. The molecule has 0 spiro atoms. The van der Waals surface area contributed by atoms with E-state index in [-0.39, 0.29) is 11.5 Å². The Hall–Kier alpha value is -1.36. The number of nitrogen functional groups attached to an aromatic ring is 1. The van der Waals surface area contributed by atoms with E-state index < -0.39 is 0 Å². The monoisotopic (exact) mass is 266 g/mol. The molecule has 1 unspecified atom stereocenters. The van der Waals surface area contributed by atoms with Gasteiger partial charge in [0.1, 0.15) is 17.5 Å². The third-order valence-corrected chi connectivity index (χ3v) is 2.68. The van der Waals surface area contributed by atoms with E-state index in [0.29, 0.717) is 29.9 Å². The fraction of sp³-hybridized carbons (Fsp3) is 0.714. The molecule has 0 saturated carbocycles. The number of aliphatic hydroxyl groups excluding tert-OH is 1. The van der Waals surface area contributed by atoms with Gasteiger partial charge in [-0.2, -0.15) is 0 Å². The maximum Gasteiger partial charge on any atom is 0.138 e. The van der Waals surface area contributed by atoms with Crippen LogP contribution in [0.15, 0.2) is 6.07 Å². The Balaban J connectivity index is 2.71. The van der Waals surface area contributed by atoms with Gasteiger partial charge in [-0.25, -0.2) is 9.97 Å². The first-order chi connectivity index (χ1) is 8.68. The smallest absolute Gasteiger partial charge is 0.138 e. The first-order valence-electron chi connectivity index (χ1n) is 6.75. The Morgan fingerprint density at radius 2 is 1.95 bits per heavy atom. The lowest BCUT2D eigenvalue weighted by Crippen LogP contribution is -2.23. The number of rotatable bonds is 5. The second-order valence-corrected chi connectivity index (χ2v) is 6.42. The van der Waals surface area contributed by atoms with Crippen molar-refractivity contribution in [1.82, 2.24) is 9.97 Å². The van der Waals surface area contributed by atoms with Gasteiger partial charge >= 0.3 is 0 Å². The van der Waals surface area contributed by atoms with E-state index in [2.05, 4.69) is 29.1 Å². The Bertz CT molecular complexity index is 412. The van der Waals surface area contributed by atoms with Crippen LogP contribution in [0.4, 0.5) is 11.6 Å². The minimum atomic E-state index is -0.380. The highest BCUT2D eigenvalue weighted by Crippen LogP contribution is 2.21. The highest BCUT2D eigenvalue weighted by molar-refractivity contribution is 5.45. The molecule has 1 atom stereocenters. The van der Waals surface area contributed by atoms with Crippen molar-refractivity contribution in [3.05, 3.63) is 11.9 Å². The summed E-state index contributed by atoms with van der Waals surface area (Å²) in [5.41, 5.74) is 5.64. The fourth-order valence-corrected chi connectivity index (χ4v) is 1.74. The normalized spacial score (nSPS) is 13.6. The summed E-state index contributed by atoms with van der Waals surface area (Å²) in [4.78, 5) is 8.69. The average molecular weight is 266 g/mol. The first-order valence-corrected chi connectivity index (χ1v) is 6.75. The number of aromatic nitrogens is 2. The van der Waals surface area contributed by atoms with Gasteiger partial charge in [0.2, 0.25) is 0 Å². The molecule has 0 radical (unpaired) electrons. The molecular formula is C14H26N4O. The van der Waals surface area contributed by atoms with Gasteiger partial charge in [0.25, 0.3) is 0 Å². The number of aliphatic hydroxyl groups is 1. The Kier molecular flexibility index (Phi) is 5.11. The molecule has 1 aromatic rings. The van der Waals surface area contributed by atoms with Crippen LogP contribution in [0.3, 0.4) is 0 Å². The van der Waals surface area contributed by atoms with Gasteiger partial charge in [0.05, 0.1) is 6.10 Å². The van der Waals surface area contributed by atoms with Crippen LogP contribution in [-0.2, 0) is 5.41 Å². The molecule has 0 saturated heterocycles. The molecule has 108 valence electrons. The Labute approximate surface area is 115 Å². The molecule has 0 aliphatic rings. The van der Waals surface area contributed by atoms with Crippen molar-refractivity contribution in [2.45, 2.75) is 52.6 Å². The zero-order valence-corrected chi connectivity index (χ0v) is 12.6. The summed E-state index contributed by atoms with van der Waals surface area (Å²) >= 11 is 0. The minimum Gasteiger partial charge on any atom is -0.391 e. The molecule has 0 fully saturated rings. The molecular weight excluding hydrogens is 240 g/mol. The van der Waals surface area contributed by atoms with Crippen LogP contribution in [0, 0.1) is 5.92 Å². The minimum absolute atomic E-state index is 0.150. The molecule has 19 heavy (non-hydrogen) atoms. The van der Waals surface area contributed by atoms with Crippen LogP contribution >= 0.6 is 0 Å². The largest absolute Gasteiger partial charge is 0.391 e. The van der Waals surface area contributed by atoms with E-state index in [1.807, 2.05) is 20.8 Å². The molecule has 0 aromatic carbocycles. The van der Waals surface area contributed by atoms with Crippen LogP contribution in [0.25, 0.3) is 0 Å². The van der Waals surface area contributed by atoms with Crippen molar-refractivity contribution in [2.75, 3.05) is 17.6 Å². The van der Waals surface area contributed by atoms with Crippen molar-refractivity contribution < 1.29 is 5.11 Å². The van der Waals surface area contributed by atoms with Gasteiger partial charge < -0.3 is 16.2 Å². The van der Waals surface area contributed by atoms with Gasteiger partial charge in [-0.15, -0.1) is 0 Å². The van der Waals surface area contributed by atoms with Crippen molar-refractivity contribution in [2.24, 2.45) is 5.92 Å². The van der Waals surface area contributed by atoms with Crippen LogP contribution in [0.5, 0.6) is 0 Å². The predicted molar refractivity (Wildman–Crippen MR) is 79.1 cm³/mol. The summed E-state index contributed by atoms with van der Waals surface area (Å²) in [6.45, 7) is 10.8. The molecule has 5 heteroatoms. The van der Waals surface area contributed by atoms with E-state index in [1.54, 1.807) is 6.07 Å². The van der Waals surface area contributed by atoms with E-state index in [0.717, 1.165) is 6.42 Å².